The van der Waals surface area contributed by atoms with Crippen LogP contribution in [0.4, 0.5) is 4.79 Å². The lowest BCUT2D eigenvalue weighted by Gasteiger charge is -2.25. The van der Waals surface area contributed by atoms with Gasteiger partial charge in [0, 0.05) is 0 Å². The smallest absolute Gasteiger partial charge is 0.331 e. The first-order chi connectivity index (χ1) is 13.0. The zero-order valence-corrected chi connectivity index (χ0v) is 13.8. The van der Waals surface area contributed by atoms with Crippen molar-refractivity contribution in [2.24, 2.45) is 0 Å². The van der Waals surface area contributed by atoms with Gasteiger partial charge in [0.1, 0.15) is 23.2 Å². The summed E-state index contributed by atoms with van der Waals surface area (Å²) in [5.74, 6) is -1.33. The number of carbonyl (C=O) groups is 3. The van der Waals surface area contributed by atoms with Crippen LogP contribution in [-0.2, 0) is 16.1 Å². The van der Waals surface area contributed by atoms with E-state index in [1.807, 2.05) is 0 Å². The van der Waals surface area contributed by atoms with Crippen LogP contribution in [0.1, 0.15) is 11.3 Å². The highest BCUT2D eigenvalue weighted by Gasteiger charge is 2.36. The minimum atomic E-state index is -0.881. The maximum absolute atomic E-state index is 12.7. The number of hydrogen-bond donors (Lipinski definition) is 1. The van der Waals surface area contributed by atoms with Crippen molar-refractivity contribution >= 4 is 34.9 Å². The van der Waals surface area contributed by atoms with Crippen LogP contribution >= 0.6 is 0 Å². The molecule has 0 atom stereocenters. The summed E-state index contributed by atoms with van der Waals surface area (Å²) in [4.78, 5) is 50.2. The fraction of sp³-hybridized carbons (Fsp3) is 0.0526. The Morgan fingerprint density at radius 2 is 1.81 bits per heavy atom. The SMILES string of the molecule is O=C1NC(=O)N(Cc2ccco2)C(=O)/C1=C/c1coc2ccccc2c1=O. The third-order valence-electron chi connectivity index (χ3n) is 4.09. The quantitative estimate of drug-likeness (QED) is 0.563. The van der Waals surface area contributed by atoms with Crippen LogP contribution in [0.5, 0.6) is 0 Å². The summed E-state index contributed by atoms with van der Waals surface area (Å²) in [5, 5.41) is 2.40. The molecule has 0 spiro atoms. The number of imide groups is 2. The molecule has 1 fully saturated rings. The van der Waals surface area contributed by atoms with Gasteiger partial charge in [0.05, 0.1) is 23.8 Å². The van der Waals surface area contributed by atoms with Gasteiger partial charge in [0.25, 0.3) is 11.8 Å². The molecule has 1 aliphatic heterocycles. The third-order valence-corrected chi connectivity index (χ3v) is 4.09. The van der Waals surface area contributed by atoms with Crippen LogP contribution in [0.25, 0.3) is 17.0 Å². The predicted octanol–water partition coefficient (Wildman–Crippen LogP) is 2.05. The van der Waals surface area contributed by atoms with E-state index in [-0.39, 0.29) is 23.1 Å². The maximum atomic E-state index is 12.7. The fourth-order valence-electron chi connectivity index (χ4n) is 2.74. The molecular formula is C19H12N2O6. The number of urea groups is 1. The van der Waals surface area contributed by atoms with Crippen LogP contribution in [0.3, 0.4) is 0 Å². The number of barbiturate groups is 1. The highest BCUT2D eigenvalue weighted by Crippen LogP contribution is 2.18. The third kappa shape index (κ3) is 2.93. The average Bonchev–Trinajstić information content (AvgIpc) is 3.17. The molecule has 4 rings (SSSR count). The van der Waals surface area contributed by atoms with E-state index in [1.54, 1.807) is 36.4 Å². The summed E-state index contributed by atoms with van der Waals surface area (Å²) in [7, 11) is 0. The number of rotatable bonds is 3. The number of benzene rings is 1. The van der Waals surface area contributed by atoms with Gasteiger partial charge in [-0.05, 0) is 30.3 Å². The van der Waals surface area contributed by atoms with Gasteiger partial charge >= 0.3 is 6.03 Å². The molecule has 2 aromatic heterocycles. The molecule has 27 heavy (non-hydrogen) atoms. The molecule has 0 unspecified atom stereocenters. The van der Waals surface area contributed by atoms with Crippen molar-refractivity contribution in [2.45, 2.75) is 6.54 Å². The Kier molecular flexibility index (Phi) is 3.92. The molecule has 4 amide bonds. The average molecular weight is 364 g/mol. The number of nitrogens with one attached hydrogen (secondary N) is 1. The normalized spacial score (nSPS) is 16.2. The molecule has 0 aliphatic carbocycles. The van der Waals surface area contributed by atoms with Gasteiger partial charge in [0.15, 0.2) is 5.43 Å². The lowest BCUT2D eigenvalue weighted by atomic mass is 10.1. The monoisotopic (exact) mass is 364 g/mol. The zero-order valence-electron chi connectivity index (χ0n) is 13.8. The van der Waals surface area contributed by atoms with E-state index in [2.05, 4.69) is 5.32 Å². The lowest BCUT2D eigenvalue weighted by Crippen LogP contribution is -2.53. The first-order valence-corrected chi connectivity index (χ1v) is 7.96. The summed E-state index contributed by atoms with van der Waals surface area (Å²) in [5.41, 5.74) is -0.318. The Bertz CT molecular complexity index is 1160. The molecule has 3 heterocycles. The Morgan fingerprint density at radius 1 is 1.00 bits per heavy atom. The Hall–Kier alpha value is -3.94. The number of hydrogen-bond acceptors (Lipinski definition) is 6. The highest BCUT2D eigenvalue weighted by molar-refractivity contribution is 6.30. The van der Waals surface area contributed by atoms with E-state index in [0.29, 0.717) is 16.7 Å². The largest absolute Gasteiger partial charge is 0.467 e. The standard InChI is InChI=1S/C19H12N2O6/c22-16-11(10-27-15-6-2-1-5-13(15)16)8-14-17(23)20-19(25)21(18(14)24)9-12-4-3-7-26-12/h1-8,10H,9H2,(H,20,23,25)/b14-8+. The van der Waals surface area contributed by atoms with Crippen LogP contribution in [0.2, 0.25) is 0 Å². The van der Waals surface area contributed by atoms with Gasteiger partial charge in [-0.25, -0.2) is 4.79 Å². The number of furan rings is 1. The van der Waals surface area contributed by atoms with Gasteiger partial charge < -0.3 is 8.83 Å². The van der Waals surface area contributed by atoms with E-state index in [1.165, 1.54) is 12.5 Å². The Balaban J connectivity index is 1.74. The minimum Gasteiger partial charge on any atom is -0.467 e. The van der Waals surface area contributed by atoms with Crippen molar-refractivity contribution in [3.63, 3.8) is 0 Å². The minimum absolute atomic E-state index is 0.0273. The maximum Gasteiger partial charge on any atom is 0.331 e. The van der Waals surface area contributed by atoms with Crippen LogP contribution in [0, 0.1) is 0 Å². The summed E-state index contributed by atoms with van der Waals surface area (Å²) < 4.78 is 10.5. The van der Waals surface area contributed by atoms with E-state index in [0.717, 1.165) is 11.0 Å². The number of amides is 4. The van der Waals surface area contributed by atoms with Gasteiger partial charge in [0.2, 0.25) is 0 Å². The second kappa shape index (κ2) is 6.41. The number of carbonyl (C=O) groups excluding carboxylic acids is 3. The summed E-state index contributed by atoms with van der Waals surface area (Å²) in [6.07, 6.45) is 3.70. The number of para-hydroxylation sites is 1. The van der Waals surface area contributed by atoms with Gasteiger partial charge in [-0.1, -0.05) is 12.1 Å². The molecule has 8 nitrogen and oxygen atoms in total. The number of nitrogens with zero attached hydrogens (tertiary/aromatic N) is 1. The topological polar surface area (TPSA) is 110 Å². The molecule has 8 heteroatoms. The van der Waals surface area contributed by atoms with Crippen LogP contribution in [0.15, 0.2) is 68.1 Å². The van der Waals surface area contributed by atoms with Gasteiger partial charge in [-0.3, -0.25) is 24.6 Å². The van der Waals surface area contributed by atoms with Crippen LogP contribution in [-0.4, -0.2) is 22.7 Å². The van der Waals surface area contributed by atoms with Crippen molar-refractivity contribution in [1.82, 2.24) is 10.2 Å². The molecule has 0 saturated carbocycles. The molecule has 1 saturated heterocycles. The fourth-order valence-corrected chi connectivity index (χ4v) is 2.74. The first-order valence-electron chi connectivity index (χ1n) is 7.96. The molecule has 0 bridgehead atoms. The molecule has 1 N–H and O–H groups in total. The highest BCUT2D eigenvalue weighted by atomic mass is 16.3. The van der Waals surface area contributed by atoms with Crippen molar-refractivity contribution in [2.75, 3.05) is 0 Å². The molecule has 3 aromatic rings. The van der Waals surface area contributed by atoms with Crippen molar-refractivity contribution in [1.29, 1.82) is 0 Å². The molecule has 1 aliphatic rings. The van der Waals surface area contributed by atoms with Crippen molar-refractivity contribution in [3.8, 4) is 0 Å². The van der Waals surface area contributed by atoms with E-state index in [9.17, 15) is 19.2 Å². The second-order valence-electron chi connectivity index (χ2n) is 5.80. The zero-order chi connectivity index (χ0) is 19.0. The summed E-state index contributed by atoms with van der Waals surface area (Å²) >= 11 is 0. The lowest BCUT2D eigenvalue weighted by molar-refractivity contribution is -0.130. The Labute approximate surface area is 151 Å². The second-order valence-corrected chi connectivity index (χ2v) is 5.80. The van der Waals surface area contributed by atoms with E-state index < -0.39 is 17.8 Å². The number of fused-ring (bicyclic) bond motifs is 1. The molecular weight excluding hydrogens is 352 g/mol. The summed E-state index contributed by atoms with van der Waals surface area (Å²) in [6.45, 7) is -0.144. The van der Waals surface area contributed by atoms with Gasteiger partial charge in [-0.2, -0.15) is 0 Å². The molecule has 1 aromatic carbocycles. The molecule has 134 valence electrons. The molecule has 0 radical (unpaired) electrons. The van der Waals surface area contributed by atoms with Crippen molar-refractivity contribution < 1.29 is 23.2 Å². The predicted molar refractivity (Wildman–Crippen MR) is 93.3 cm³/mol. The van der Waals surface area contributed by atoms with E-state index in [4.69, 9.17) is 8.83 Å². The first kappa shape index (κ1) is 16.5. The van der Waals surface area contributed by atoms with E-state index >= 15 is 0 Å². The summed E-state index contributed by atoms with van der Waals surface area (Å²) in [6, 6.07) is 8.97. The van der Waals surface area contributed by atoms with Gasteiger partial charge in [-0.15, -0.1) is 0 Å². The van der Waals surface area contributed by atoms with Crippen molar-refractivity contribution in [3.05, 3.63) is 76.0 Å². The Morgan fingerprint density at radius 3 is 2.59 bits per heavy atom. The van der Waals surface area contributed by atoms with Crippen LogP contribution < -0.4 is 10.7 Å².